The van der Waals surface area contributed by atoms with Gasteiger partial charge in [-0.25, -0.2) is 0 Å². The van der Waals surface area contributed by atoms with Gasteiger partial charge in [-0.1, -0.05) is 18.2 Å². The van der Waals surface area contributed by atoms with E-state index in [-0.39, 0.29) is 11.6 Å². The minimum absolute atomic E-state index is 0.0587. The molecule has 6 heteroatoms. The average molecular weight is 334 g/mol. The van der Waals surface area contributed by atoms with Gasteiger partial charge in [0.1, 0.15) is 6.10 Å². The lowest BCUT2D eigenvalue weighted by molar-refractivity contribution is -0.384. The fraction of sp³-hybridized carbons (Fsp3) is 0.105. The van der Waals surface area contributed by atoms with E-state index in [9.17, 15) is 20.0 Å². The average Bonchev–Trinajstić information content (AvgIpc) is 3.11. The van der Waals surface area contributed by atoms with E-state index in [0.717, 1.165) is 16.6 Å². The largest absolute Gasteiger partial charge is 0.383 e. The highest BCUT2D eigenvalue weighted by Crippen LogP contribution is 2.39. The zero-order valence-corrected chi connectivity index (χ0v) is 13.3. The number of allylic oxidation sites excluding steroid dienone is 1. The highest BCUT2D eigenvalue weighted by Gasteiger charge is 2.33. The number of nitrogens with zero attached hydrogens (tertiary/aromatic N) is 2. The molecule has 124 valence electrons. The van der Waals surface area contributed by atoms with Gasteiger partial charge in [0.2, 0.25) is 0 Å². The third-order valence-electron chi connectivity index (χ3n) is 4.63. The number of aromatic nitrogens is 1. The van der Waals surface area contributed by atoms with Crippen molar-refractivity contribution in [3.05, 3.63) is 81.5 Å². The van der Waals surface area contributed by atoms with Gasteiger partial charge in [-0.05, 0) is 42.3 Å². The number of rotatable bonds is 3. The highest BCUT2D eigenvalue weighted by atomic mass is 16.6. The van der Waals surface area contributed by atoms with Crippen LogP contribution in [0.2, 0.25) is 0 Å². The number of benzene rings is 2. The number of carbonyl (C=O) groups is 1. The van der Waals surface area contributed by atoms with Crippen LogP contribution < -0.4 is 0 Å². The van der Waals surface area contributed by atoms with Crippen molar-refractivity contribution in [2.75, 3.05) is 0 Å². The van der Waals surface area contributed by atoms with Crippen LogP contribution in [0.4, 0.5) is 5.69 Å². The van der Waals surface area contributed by atoms with Crippen molar-refractivity contribution in [2.45, 2.75) is 13.0 Å². The van der Waals surface area contributed by atoms with E-state index >= 15 is 0 Å². The van der Waals surface area contributed by atoms with Crippen molar-refractivity contribution < 1.29 is 14.8 Å². The SMILES string of the molecule is CC1=C([C@@H](O)c2ccc([N+](=O)[O-])cc2)C(=O)n2c1cc1ccccc12. The van der Waals surface area contributed by atoms with E-state index in [1.54, 1.807) is 11.5 Å². The lowest BCUT2D eigenvalue weighted by atomic mass is 9.97. The second-order valence-electron chi connectivity index (χ2n) is 6.02. The summed E-state index contributed by atoms with van der Waals surface area (Å²) in [6.45, 7) is 1.81. The Morgan fingerprint density at radius 2 is 1.80 bits per heavy atom. The Morgan fingerprint density at radius 1 is 1.12 bits per heavy atom. The normalized spacial score (nSPS) is 14.9. The fourth-order valence-electron chi connectivity index (χ4n) is 3.34. The predicted octanol–water partition coefficient (Wildman–Crippen LogP) is 3.71. The third-order valence-corrected chi connectivity index (χ3v) is 4.63. The summed E-state index contributed by atoms with van der Waals surface area (Å²) in [5, 5.41) is 22.4. The number of fused-ring (bicyclic) bond motifs is 3. The van der Waals surface area contributed by atoms with Gasteiger partial charge in [-0.2, -0.15) is 0 Å². The zero-order valence-electron chi connectivity index (χ0n) is 13.3. The number of non-ortho nitro benzene ring substituents is 1. The van der Waals surface area contributed by atoms with E-state index in [4.69, 9.17) is 0 Å². The summed E-state index contributed by atoms with van der Waals surface area (Å²) in [6.07, 6.45) is -1.13. The number of hydrogen-bond donors (Lipinski definition) is 1. The van der Waals surface area contributed by atoms with E-state index in [2.05, 4.69) is 0 Å². The maximum absolute atomic E-state index is 12.9. The maximum atomic E-state index is 12.9. The first kappa shape index (κ1) is 15.3. The summed E-state index contributed by atoms with van der Waals surface area (Å²) in [7, 11) is 0. The molecule has 0 unspecified atom stereocenters. The fourth-order valence-corrected chi connectivity index (χ4v) is 3.34. The summed E-state index contributed by atoms with van der Waals surface area (Å²) in [5.41, 5.74) is 2.97. The summed E-state index contributed by atoms with van der Waals surface area (Å²) in [4.78, 5) is 23.2. The van der Waals surface area contributed by atoms with Gasteiger partial charge >= 0.3 is 0 Å². The number of nitro benzene ring substituents is 1. The molecule has 0 bridgehead atoms. The first-order valence-corrected chi connectivity index (χ1v) is 7.78. The lowest BCUT2D eigenvalue weighted by Crippen LogP contribution is -2.14. The molecule has 3 aromatic rings. The molecule has 2 aromatic carbocycles. The summed E-state index contributed by atoms with van der Waals surface area (Å²) in [5.74, 6) is -0.264. The zero-order chi connectivity index (χ0) is 17.7. The Bertz CT molecular complexity index is 1060. The van der Waals surface area contributed by atoms with Gasteiger partial charge in [-0.3, -0.25) is 19.5 Å². The molecule has 0 aliphatic carbocycles. The second-order valence-corrected chi connectivity index (χ2v) is 6.02. The second kappa shape index (κ2) is 5.39. The van der Waals surface area contributed by atoms with Crippen molar-refractivity contribution in [3.8, 4) is 0 Å². The predicted molar refractivity (Wildman–Crippen MR) is 93.2 cm³/mol. The Morgan fingerprint density at radius 3 is 2.48 bits per heavy atom. The van der Waals surface area contributed by atoms with E-state index < -0.39 is 11.0 Å². The van der Waals surface area contributed by atoms with Crippen molar-refractivity contribution in [1.82, 2.24) is 4.57 Å². The van der Waals surface area contributed by atoms with Crippen LogP contribution in [0.15, 0.2) is 60.2 Å². The van der Waals surface area contributed by atoms with E-state index in [0.29, 0.717) is 16.7 Å². The number of nitro groups is 1. The monoisotopic (exact) mass is 334 g/mol. The molecule has 1 aromatic heterocycles. The van der Waals surface area contributed by atoms with Crippen LogP contribution in [0.5, 0.6) is 0 Å². The Balaban J connectivity index is 1.78. The third kappa shape index (κ3) is 2.19. The summed E-state index contributed by atoms with van der Waals surface area (Å²) < 4.78 is 1.61. The molecule has 0 saturated carbocycles. The molecular weight excluding hydrogens is 320 g/mol. The van der Waals surface area contributed by atoms with Crippen LogP contribution in [-0.2, 0) is 0 Å². The molecule has 0 amide bonds. The smallest absolute Gasteiger partial charge is 0.269 e. The van der Waals surface area contributed by atoms with E-state index in [1.807, 2.05) is 30.3 Å². The summed E-state index contributed by atoms with van der Waals surface area (Å²) in [6, 6.07) is 15.1. The molecule has 1 atom stereocenters. The minimum Gasteiger partial charge on any atom is -0.383 e. The number of carbonyl (C=O) groups excluding carboxylic acids is 1. The molecular formula is C19H14N2O4. The van der Waals surface area contributed by atoms with Crippen LogP contribution in [-0.4, -0.2) is 20.5 Å². The van der Waals surface area contributed by atoms with Crippen molar-refractivity contribution >= 4 is 28.1 Å². The molecule has 6 nitrogen and oxygen atoms in total. The standard InChI is InChI=1S/C19H14N2O4/c1-11-16-10-13-4-2-3-5-15(13)20(16)19(23)17(11)18(22)12-6-8-14(9-7-12)21(24)25/h2-10,18,22H,1H3/t18-/m0/s1. The number of hydrogen-bond acceptors (Lipinski definition) is 4. The molecule has 0 radical (unpaired) electrons. The first-order valence-electron chi connectivity index (χ1n) is 7.78. The van der Waals surface area contributed by atoms with Gasteiger partial charge in [-0.15, -0.1) is 0 Å². The van der Waals surface area contributed by atoms with Crippen molar-refractivity contribution in [3.63, 3.8) is 0 Å². The van der Waals surface area contributed by atoms with Crippen molar-refractivity contribution in [2.24, 2.45) is 0 Å². The van der Waals surface area contributed by atoms with Crippen LogP contribution >= 0.6 is 0 Å². The van der Waals surface area contributed by atoms with Crippen LogP contribution in [0, 0.1) is 10.1 Å². The molecule has 0 spiro atoms. The summed E-state index contributed by atoms with van der Waals surface area (Å²) >= 11 is 0. The van der Waals surface area contributed by atoms with Crippen molar-refractivity contribution in [1.29, 1.82) is 0 Å². The van der Waals surface area contributed by atoms with Gasteiger partial charge in [0.05, 0.1) is 21.7 Å². The van der Waals surface area contributed by atoms with Crippen LogP contribution in [0.3, 0.4) is 0 Å². The minimum atomic E-state index is -1.13. The molecule has 1 N–H and O–H groups in total. The van der Waals surface area contributed by atoms with Gasteiger partial charge < -0.3 is 5.11 Å². The Kier molecular flexibility index (Phi) is 3.30. The van der Waals surface area contributed by atoms with Crippen LogP contribution in [0.25, 0.3) is 16.5 Å². The van der Waals surface area contributed by atoms with Gasteiger partial charge in [0, 0.05) is 17.5 Å². The molecule has 1 aliphatic heterocycles. The number of aliphatic hydroxyl groups excluding tert-OH is 1. The molecule has 25 heavy (non-hydrogen) atoms. The Hall–Kier alpha value is -3.25. The van der Waals surface area contributed by atoms with Crippen LogP contribution in [0.1, 0.15) is 29.1 Å². The quantitative estimate of drug-likeness (QED) is 0.584. The molecule has 0 fully saturated rings. The molecule has 4 rings (SSSR count). The number of para-hydroxylation sites is 1. The number of aliphatic hydroxyl groups is 1. The highest BCUT2D eigenvalue weighted by molar-refractivity contribution is 6.14. The molecule has 1 aliphatic rings. The Labute approximate surface area is 142 Å². The van der Waals surface area contributed by atoms with Gasteiger partial charge in [0.25, 0.3) is 11.6 Å². The van der Waals surface area contributed by atoms with Gasteiger partial charge in [0.15, 0.2) is 0 Å². The molecule has 0 saturated heterocycles. The topological polar surface area (TPSA) is 85.4 Å². The maximum Gasteiger partial charge on any atom is 0.269 e. The lowest BCUT2D eigenvalue weighted by Gasteiger charge is -2.13. The van der Waals surface area contributed by atoms with E-state index in [1.165, 1.54) is 24.3 Å². The molecule has 2 heterocycles. The first-order chi connectivity index (χ1) is 12.0.